The van der Waals surface area contributed by atoms with E-state index in [2.05, 4.69) is 11.6 Å². The number of nitrogens with one attached hydrogen (secondary N) is 1. The second kappa shape index (κ2) is 6.63. The van der Waals surface area contributed by atoms with Crippen molar-refractivity contribution in [2.24, 2.45) is 0 Å². The van der Waals surface area contributed by atoms with Crippen LogP contribution in [-0.4, -0.2) is 24.5 Å². The van der Waals surface area contributed by atoms with Crippen molar-refractivity contribution >= 4 is 29.6 Å². The number of rotatable bonds is 4. The molecule has 0 saturated carbocycles. The number of carbonyl (C=O) groups is 1. The van der Waals surface area contributed by atoms with E-state index in [9.17, 15) is 4.79 Å². The van der Waals surface area contributed by atoms with E-state index in [4.69, 9.17) is 4.74 Å². The molecular weight excluding hydrogens is 230 g/mol. The summed E-state index contributed by atoms with van der Waals surface area (Å²) in [5, 5.41) is 3.42. The number of benzene rings is 1. The Labute approximate surface area is 98.0 Å². The van der Waals surface area contributed by atoms with Gasteiger partial charge in [0.1, 0.15) is 5.75 Å². The van der Waals surface area contributed by atoms with Gasteiger partial charge in [-0.1, -0.05) is 0 Å². The van der Waals surface area contributed by atoms with E-state index in [0.717, 1.165) is 5.08 Å². The fourth-order valence-corrected chi connectivity index (χ4v) is 2.23. The Hall–Kier alpha value is -0.810. The van der Waals surface area contributed by atoms with Gasteiger partial charge in [-0.25, -0.2) is 4.79 Å². The van der Waals surface area contributed by atoms with Crippen molar-refractivity contribution in [3.8, 4) is 5.75 Å². The molecule has 0 aromatic heterocycles. The predicted molar refractivity (Wildman–Crippen MR) is 65.8 cm³/mol. The highest BCUT2D eigenvalue weighted by molar-refractivity contribution is 8.15. The summed E-state index contributed by atoms with van der Waals surface area (Å²) in [7, 11) is 1.53. The van der Waals surface area contributed by atoms with Gasteiger partial charge in [0.25, 0.3) is 0 Å². The molecule has 3 nitrogen and oxygen atoms in total. The van der Waals surface area contributed by atoms with E-state index in [1.165, 1.54) is 11.9 Å². The Balaban J connectivity index is 2.52. The number of ether oxygens (including phenoxy) is 1. The standard InChI is InChI=1S/C10H13NO2S2/c1-11-10(12)13-8-3-5-9(6-4-8)15-7-14-2/h3-6H,7H2,1-2H3,(H,11,12). The van der Waals surface area contributed by atoms with Gasteiger partial charge in [-0.05, 0) is 30.5 Å². The minimum Gasteiger partial charge on any atom is -0.410 e. The molecule has 82 valence electrons. The first-order valence-corrected chi connectivity index (χ1v) is 6.75. The van der Waals surface area contributed by atoms with Crippen molar-refractivity contribution in [3.63, 3.8) is 0 Å². The minimum atomic E-state index is -0.445. The van der Waals surface area contributed by atoms with Crippen molar-refractivity contribution in [1.29, 1.82) is 0 Å². The van der Waals surface area contributed by atoms with Crippen molar-refractivity contribution in [2.45, 2.75) is 4.90 Å². The lowest BCUT2D eigenvalue weighted by molar-refractivity contribution is 0.203. The smallest absolute Gasteiger partial charge is 0.410 e. The van der Waals surface area contributed by atoms with E-state index in [1.807, 2.05) is 12.1 Å². The molecule has 0 saturated heterocycles. The van der Waals surface area contributed by atoms with Gasteiger partial charge in [-0.2, -0.15) is 11.8 Å². The van der Waals surface area contributed by atoms with Gasteiger partial charge in [0.05, 0.1) is 0 Å². The Kier molecular flexibility index (Phi) is 5.42. The van der Waals surface area contributed by atoms with Crippen molar-refractivity contribution in [3.05, 3.63) is 24.3 Å². The summed E-state index contributed by atoms with van der Waals surface area (Å²) in [5.41, 5.74) is 0. The van der Waals surface area contributed by atoms with E-state index in [1.54, 1.807) is 35.7 Å². The largest absolute Gasteiger partial charge is 0.412 e. The molecule has 0 heterocycles. The number of hydrogen-bond donors (Lipinski definition) is 1. The molecule has 0 aliphatic carbocycles. The third-order valence-electron chi connectivity index (χ3n) is 1.58. The molecule has 5 heteroatoms. The van der Waals surface area contributed by atoms with Gasteiger partial charge in [0.15, 0.2) is 0 Å². The maximum atomic E-state index is 10.9. The lowest BCUT2D eigenvalue weighted by Gasteiger charge is -2.04. The van der Waals surface area contributed by atoms with E-state index >= 15 is 0 Å². The van der Waals surface area contributed by atoms with Gasteiger partial charge in [0.2, 0.25) is 0 Å². The van der Waals surface area contributed by atoms with Crippen LogP contribution in [0, 0.1) is 0 Å². The molecule has 1 aromatic carbocycles. The second-order valence-corrected chi connectivity index (χ2v) is 4.94. The number of thioether (sulfide) groups is 2. The maximum absolute atomic E-state index is 10.9. The monoisotopic (exact) mass is 243 g/mol. The first-order chi connectivity index (χ1) is 7.26. The zero-order valence-electron chi connectivity index (χ0n) is 8.65. The highest BCUT2D eigenvalue weighted by atomic mass is 32.2. The van der Waals surface area contributed by atoms with Gasteiger partial charge in [-0.3, -0.25) is 0 Å². The molecule has 0 fully saturated rings. The fraction of sp³-hybridized carbons (Fsp3) is 0.300. The molecule has 0 spiro atoms. The maximum Gasteiger partial charge on any atom is 0.412 e. The van der Waals surface area contributed by atoms with E-state index in [0.29, 0.717) is 5.75 Å². The SMILES string of the molecule is CNC(=O)Oc1ccc(SCSC)cc1. The molecule has 0 unspecified atom stereocenters. The summed E-state index contributed by atoms with van der Waals surface area (Å²) >= 11 is 3.54. The van der Waals surface area contributed by atoms with Gasteiger partial charge >= 0.3 is 6.09 Å². The predicted octanol–water partition coefficient (Wildman–Crippen LogP) is 2.82. The van der Waals surface area contributed by atoms with Crippen LogP contribution in [0.15, 0.2) is 29.2 Å². The van der Waals surface area contributed by atoms with Crippen LogP contribution in [0.2, 0.25) is 0 Å². The lowest BCUT2D eigenvalue weighted by atomic mass is 10.3. The van der Waals surface area contributed by atoms with Gasteiger partial charge in [0, 0.05) is 17.0 Å². The number of carbonyl (C=O) groups excluding carboxylic acids is 1. The van der Waals surface area contributed by atoms with Crippen LogP contribution < -0.4 is 10.1 Å². The van der Waals surface area contributed by atoms with Crippen LogP contribution in [0.5, 0.6) is 5.75 Å². The Morgan fingerprint density at radius 3 is 2.60 bits per heavy atom. The molecule has 0 aliphatic rings. The highest BCUT2D eigenvalue weighted by Gasteiger charge is 2.00. The molecule has 1 N–H and O–H groups in total. The quantitative estimate of drug-likeness (QED) is 0.652. The molecule has 0 radical (unpaired) electrons. The van der Waals surface area contributed by atoms with Crippen molar-refractivity contribution in [1.82, 2.24) is 5.32 Å². The summed E-state index contributed by atoms with van der Waals surface area (Å²) in [5.74, 6) is 0.558. The molecule has 0 aliphatic heterocycles. The average Bonchev–Trinajstić information content (AvgIpc) is 2.28. The van der Waals surface area contributed by atoms with Crippen molar-refractivity contribution < 1.29 is 9.53 Å². The molecule has 1 rings (SSSR count). The fourth-order valence-electron chi connectivity index (χ4n) is 0.889. The van der Waals surface area contributed by atoms with E-state index in [-0.39, 0.29) is 0 Å². The van der Waals surface area contributed by atoms with Gasteiger partial charge < -0.3 is 10.1 Å². The normalized spacial score (nSPS) is 9.73. The molecule has 1 aromatic rings. The lowest BCUT2D eigenvalue weighted by Crippen LogP contribution is -2.21. The summed E-state index contributed by atoms with van der Waals surface area (Å²) in [6.45, 7) is 0. The molecular formula is C10H13NO2S2. The Morgan fingerprint density at radius 2 is 2.07 bits per heavy atom. The Bertz CT molecular complexity index is 314. The summed E-state index contributed by atoms with van der Waals surface area (Å²) in [6, 6.07) is 7.47. The van der Waals surface area contributed by atoms with Crippen LogP contribution in [0.4, 0.5) is 4.79 Å². The number of amides is 1. The zero-order chi connectivity index (χ0) is 11.1. The van der Waals surface area contributed by atoms with Crippen LogP contribution in [-0.2, 0) is 0 Å². The van der Waals surface area contributed by atoms with Crippen LogP contribution in [0.3, 0.4) is 0 Å². The molecule has 1 amide bonds. The first kappa shape index (κ1) is 12.3. The minimum absolute atomic E-state index is 0.445. The molecule has 0 bridgehead atoms. The topological polar surface area (TPSA) is 38.3 Å². The Morgan fingerprint density at radius 1 is 1.40 bits per heavy atom. The third-order valence-corrected chi connectivity index (χ3v) is 3.60. The van der Waals surface area contributed by atoms with Gasteiger partial charge in [-0.15, -0.1) is 11.8 Å². The summed E-state index contributed by atoms with van der Waals surface area (Å²) in [6.07, 6.45) is 1.62. The molecule has 0 atom stereocenters. The highest BCUT2D eigenvalue weighted by Crippen LogP contribution is 2.23. The molecule has 15 heavy (non-hydrogen) atoms. The zero-order valence-corrected chi connectivity index (χ0v) is 10.3. The second-order valence-electron chi connectivity index (χ2n) is 2.66. The number of hydrogen-bond acceptors (Lipinski definition) is 4. The van der Waals surface area contributed by atoms with E-state index < -0.39 is 6.09 Å². The third kappa shape index (κ3) is 4.48. The van der Waals surface area contributed by atoms with Crippen molar-refractivity contribution in [2.75, 3.05) is 18.4 Å². The summed E-state index contributed by atoms with van der Waals surface area (Å²) < 4.78 is 4.96. The first-order valence-electron chi connectivity index (χ1n) is 4.37. The van der Waals surface area contributed by atoms with Crippen LogP contribution in [0.1, 0.15) is 0 Å². The average molecular weight is 243 g/mol. The van der Waals surface area contributed by atoms with Crippen LogP contribution >= 0.6 is 23.5 Å². The van der Waals surface area contributed by atoms with Crippen LogP contribution in [0.25, 0.3) is 0 Å². The summed E-state index contributed by atoms with van der Waals surface area (Å²) in [4.78, 5) is 12.1.